The van der Waals surface area contributed by atoms with Crippen LogP contribution in [-0.2, 0) is 5.60 Å². The molecule has 0 fully saturated rings. The standard InChI is InChI=1S/C16H18BrNO2/c1-16(19,12-6-4-3-5-7-12)11-18-13-8-9-14(17)15(10-13)20-2/h3-10,18-19H,11H2,1-2H3. The van der Waals surface area contributed by atoms with Gasteiger partial charge in [0.15, 0.2) is 0 Å². The number of methoxy groups -OCH3 is 1. The first-order valence-electron chi connectivity index (χ1n) is 6.38. The van der Waals surface area contributed by atoms with E-state index in [0.29, 0.717) is 6.54 Å². The predicted octanol–water partition coefficient (Wildman–Crippen LogP) is 3.78. The summed E-state index contributed by atoms with van der Waals surface area (Å²) >= 11 is 3.42. The molecule has 3 nitrogen and oxygen atoms in total. The summed E-state index contributed by atoms with van der Waals surface area (Å²) in [5.74, 6) is 0.759. The van der Waals surface area contributed by atoms with Crippen LogP contribution in [0.5, 0.6) is 5.75 Å². The second-order valence-electron chi connectivity index (χ2n) is 4.84. The Morgan fingerprint density at radius 2 is 1.90 bits per heavy atom. The summed E-state index contributed by atoms with van der Waals surface area (Å²) in [6.07, 6.45) is 0. The zero-order chi connectivity index (χ0) is 14.6. The molecule has 2 N–H and O–H groups in total. The SMILES string of the molecule is COc1cc(NCC(C)(O)c2ccccc2)ccc1Br. The van der Waals surface area contributed by atoms with E-state index in [0.717, 1.165) is 21.5 Å². The molecule has 0 amide bonds. The minimum Gasteiger partial charge on any atom is -0.495 e. The average molecular weight is 336 g/mol. The van der Waals surface area contributed by atoms with Gasteiger partial charge >= 0.3 is 0 Å². The van der Waals surface area contributed by atoms with Gasteiger partial charge in [-0.2, -0.15) is 0 Å². The summed E-state index contributed by atoms with van der Waals surface area (Å²) in [5, 5.41) is 13.8. The predicted molar refractivity (Wildman–Crippen MR) is 85.2 cm³/mol. The second-order valence-corrected chi connectivity index (χ2v) is 5.70. The van der Waals surface area contributed by atoms with Crippen LogP contribution >= 0.6 is 15.9 Å². The molecule has 4 heteroatoms. The molecule has 0 radical (unpaired) electrons. The molecule has 0 bridgehead atoms. The Balaban J connectivity index is 2.08. The quantitative estimate of drug-likeness (QED) is 0.873. The summed E-state index contributed by atoms with van der Waals surface area (Å²) in [6.45, 7) is 2.22. The van der Waals surface area contributed by atoms with Crippen LogP contribution in [0, 0.1) is 0 Å². The highest BCUT2D eigenvalue weighted by molar-refractivity contribution is 9.10. The lowest BCUT2D eigenvalue weighted by atomic mass is 9.96. The van der Waals surface area contributed by atoms with Crippen LogP contribution < -0.4 is 10.1 Å². The van der Waals surface area contributed by atoms with Gasteiger partial charge in [0.05, 0.1) is 11.6 Å². The van der Waals surface area contributed by atoms with Gasteiger partial charge in [-0.25, -0.2) is 0 Å². The third-order valence-electron chi connectivity index (χ3n) is 3.18. The number of benzene rings is 2. The van der Waals surface area contributed by atoms with E-state index in [4.69, 9.17) is 4.74 Å². The maximum atomic E-state index is 10.5. The molecule has 0 aromatic heterocycles. The van der Waals surface area contributed by atoms with Crippen LogP contribution in [0.25, 0.3) is 0 Å². The highest BCUT2D eigenvalue weighted by Crippen LogP contribution is 2.28. The summed E-state index contributed by atoms with van der Waals surface area (Å²) in [7, 11) is 1.63. The van der Waals surface area contributed by atoms with E-state index in [1.165, 1.54) is 0 Å². The number of ether oxygens (including phenoxy) is 1. The lowest BCUT2D eigenvalue weighted by molar-refractivity contribution is 0.0715. The van der Waals surface area contributed by atoms with Gasteiger partial charge in [-0.05, 0) is 40.5 Å². The Bertz CT molecular complexity index is 570. The Morgan fingerprint density at radius 3 is 2.55 bits per heavy atom. The van der Waals surface area contributed by atoms with Crippen LogP contribution in [0.2, 0.25) is 0 Å². The maximum absolute atomic E-state index is 10.5. The van der Waals surface area contributed by atoms with Gasteiger partial charge in [-0.15, -0.1) is 0 Å². The minimum atomic E-state index is -0.929. The van der Waals surface area contributed by atoms with Gasteiger partial charge in [-0.1, -0.05) is 30.3 Å². The number of rotatable bonds is 5. The van der Waals surface area contributed by atoms with Crippen molar-refractivity contribution in [3.05, 3.63) is 58.6 Å². The molecule has 0 aliphatic carbocycles. The van der Waals surface area contributed by atoms with Crippen molar-refractivity contribution < 1.29 is 9.84 Å². The van der Waals surface area contributed by atoms with E-state index in [2.05, 4.69) is 21.2 Å². The summed E-state index contributed by atoms with van der Waals surface area (Å²) < 4.78 is 6.16. The molecule has 2 rings (SSSR count). The first-order chi connectivity index (χ1) is 9.53. The van der Waals surface area contributed by atoms with Gasteiger partial charge in [-0.3, -0.25) is 0 Å². The second kappa shape index (κ2) is 6.29. The summed E-state index contributed by atoms with van der Waals surface area (Å²) in [6, 6.07) is 15.4. The van der Waals surface area contributed by atoms with Crippen molar-refractivity contribution in [2.75, 3.05) is 19.0 Å². The van der Waals surface area contributed by atoms with Gasteiger partial charge in [0.25, 0.3) is 0 Å². The van der Waals surface area contributed by atoms with E-state index in [1.807, 2.05) is 48.5 Å². The summed E-state index contributed by atoms with van der Waals surface area (Å²) in [5.41, 5.74) is 0.861. The van der Waals surface area contributed by atoms with Gasteiger partial charge < -0.3 is 15.2 Å². The molecular formula is C16H18BrNO2. The van der Waals surface area contributed by atoms with Gasteiger partial charge in [0.1, 0.15) is 11.4 Å². The average Bonchev–Trinajstić information content (AvgIpc) is 2.47. The normalized spacial score (nSPS) is 13.6. The monoisotopic (exact) mass is 335 g/mol. The molecule has 0 heterocycles. The number of hydrogen-bond donors (Lipinski definition) is 2. The molecule has 20 heavy (non-hydrogen) atoms. The van der Waals surface area contributed by atoms with Crippen molar-refractivity contribution in [2.45, 2.75) is 12.5 Å². The van der Waals surface area contributed by atoms with Crippen molar-refractivity contribution in [1.82, 2.24) is 0 Å². The fourth-order valence-electron chi connectivity index (χ4n) is 1.94. The lowest BCUT2D eigenvalue weighted by Crippen LogP contribution is -2.30. The van der Waals surface area contributed by atoms with E-state index in [-0.39, 0.29) is 0 Å². The van der Waals surface area contributed by atoms with Crippen LogP contribution in [0.4, 0.5) is 5.69 Å². The fourth-order valence-corrected chi connectivity index (χ4v) is 2.35. The number of aliphatic hydroxyl groups is 1. The molecule has 0 aliphatic rings. The fraction of sp³-hybridized carbons (Fsp3) is 0.250. The number of nitrogens with one attached hydrogen (secondary N) is 1. The number of halogens is 1. The first-order valence-corrected chi connectivity index (χ1v) is 7.17. The third kappa shape index (κ3) is 3.52. The summed E-state index contributed by atoms with van der Waals surface area (Å²) in [4.78, 5) is 0. The number of anilines is 1. The smallest absolute Gasteiger partial charge is 0.135 e. The zero-order valence-electron chi connectivity index (χ0n) is 11.6. The third-order valence-corrected chi connectivity index (χ3v) is 3.84. The van der Waals surface area contributed by atoms with Gasteiger partial charge in [0.2, 0.25) is 0 Å². The Labute approximate surface area is 127 Å². The van der Waals surface area contributed by atoms with Crippen molar-refractivity contribution in [3.8, 4) is 5.75 Å². The van der Waals surface area contributed by atoms with Crippen molar-refractivity contribution in [2.24, 2.45) is 0 Å². The molecule has 2 aromatic carbocycles. The Kier molecular flexibility index (Phi) is 4.68. The molecule has 1 unspecified atom stereocenters. The van der Waals surface area contributed by atoms with E-state index >= 15 is 0 Å². The molecule has 106 valence electrons. The Morgan fingerprint density at radius 1 is 1.20 bits per heavy atom. The minimum absolute atomic E-state index is 0.418. The molecule has 0 spiro atoms. The number of hydrogen-bond acceptors (Lipinski definition) is 3. The van der Waals surface area contributed by atoms with Crippen molar-refractivity contribution in [3.63, 3.8) is 0 Å². The molecular weight excluding hydrogens is 318 g/mol. The largest absolute Gasteiger partial charge is 0.495 e. The van der Waals surface area contributed by atoms with Crippen molar-refractivity contribution in [1.29, 1.82) is 0 Å². The van der Waals surface area contributed by atoms with E-state index in [9.17, 15) is 5.11 Å². The highest BCUT2D eigenvalue weighted by atomic mass is 79.9. The highest BCUT2D eigenvalue weighted by Gasteiger charge is 2.22. The molecule has 0 aliphatic heterocycles. The van der Waals surface area contributed by atoms with Gasteiger partial charge in [0, 0.05) is 18.3 Å². The van der Waals surface area contributed by atoms with E-state index in [1.54, 1.807) is 14.0 Å². The first kappa shape index (κ1) is 14.9. The molecule has 0 saturated carbocycles. The maximum Gasteiger partial charge on any atom is 0.135 e. The van der Waals surface area contributed by atoms with Crippen LogP contribution in [0.1, 0.15) is 12.5 Å². The topological polar surface area (TPSA) is 41.5 Å². The lowest BCUT2D eigenvalue weighted by Gasteiger charge is -2.25. The molecule has 1 atom stereocenters. The van der Waals surface area contributed by atoms with Crippen LogP contribution in [0.15, 0.2) is 53.0 Å². The Hall–Kier alpha value is -1.52. The molecule has 2 aromatic rings. The molecule has 0 saturated heterocycles. The zero-order valence-corrected chi connectivity index (χ0v) is 13.1. The van der Waals surface area contributed by atoms with E-state index < -0.39 is 5.60 Å². The van der Waals surface area contributed by atoms with Crippen LogP contribution in [-0.4, -0.2) is 18.8 Å². The van der Waals surface area contributed by atoms with Crippen molar-refractivity contribution >= 4 is 21.6 Å². The van der Waals surface area contributed by atoms with Crippen LogP contribution in [0.3, 0.4) is 0 Å².